The standard InChI is InChI=1S/C15H13FN4OS/c1-2-3-10-22-15-18-17-13-14(21)19(8-9-20(13)15)12-6-4-11(16)5-7-12/h4-9,13,17H,10H2,1H3. The third-order valence-electron chi connectivity index (χ3n) is 3.18. The molecule has 3 rings (SSSR count). The number of amidine groups is 1. The van der Waals surface area contributed by atoms with Crippen LogP contribution in [0, 0.1) is 17.7 Å². The van der Waals surface area contributed by atoms with E-state index in [2.05, 4.69) is 22.4 Å². The zero-order valence-corrected chi connectivity index (χ0v) is 12.6. The number of carbonyl (C=O) groups excluding carboxylic acids is 1. The Balaban J connectivity index is 1.77. The zero-order chi connectivity index (χ0) is 15.5. The van der Waals surface area contributed by atoms with Gasteiger partial charge in [-0.15, -0.1) is 5.92 Å². The van der Waals surface area contributed by atoms with Crippen LogP contribution < -0.4 is 10.3 Å². The molecule has 0 aromatic heterocycles. The van der Waals surface area contributed by atoms with Crippen LogP contribution in [0.25, 0.3) is 0 Å². The van der Waals surface area contributed by atoms with Crippen molar-refractivity contribution in [3.05, 3.63) is 42.5 Å². The monoisotopic (exact) mass is 316 g/mol. The number of thioether (sulfide) groups is 1. The number of benzene rings is 1. The first-order valence-electron chi connectivity index (χ1n) is 6.61. The number of nitrogens with one attached hydrogen (secondary N) is 1. The highest BCUT2D eigenvalue weighted by atomic mass is 32.2. The quantitative estimate of drug-likeness (QED) is 0.847. The molecule has 1 aromatic carbocycles. The molecule has 112 valence electrons. The van der Waals surface area contributed by atoms with Gasteiger partial charge >= 0.3 is 0 Å². The molecular formula is C15H13FN4OS. The molecule has 1 unspecified atom stereocenters. The number of rotatable bonds is 2. The van der Waals surface area contributed by atoms with Crippen LogP contribution in [0.2, 0.25) is 0 Å². The van der Waals surface area contributed by atoms with Crippen LogP contribution in [-0.4, -0.2) is 27.9 Å². The number of amides is 1. The highest BCUT2D eigenvalue weighted by Crippen LogP contribution is 2.25. The number of nitrogens with zero attached hydrogens (tertiary/aromatic N) is 3. The van der Waals surface area contributed by atoms with Gasteiger partial charge in [0.1, 0.15) is 5.82 Å². The van der Waals surface area contributed by atoms with Gasteiger partial charge in [-0.1, -0.05) is 17.7 Å². The smallest absolute Gasteiger partial charge is 0.276 e. The lowest BCUT2D eigenvalue weighted by Gasteiger charge is -2.31. The Morgan fingerprint density at radius 1 is 1.36 bits per heavy atom. The maximum absolute atomic E-state index is 13.0. The van der Waals surface area contributed by atoms with Crippen molar-refractivity contribution in [3.8, 4) is 11.8 Å². The summed E-state index contributed by atoms with van der Waals surface area (Å²) in [4.78, 5) is 15.8. The van der Waals surface area contributed by atoms with Crippen molar-refractivity contribution < 1.29 is 9.18 Å². The Labute approximate surface area is 131 Å². The normalized spacial score (nSPS) is 19.3. The number of carbonyl (C=O) groups is 1. The average Bonchev–Trinajstić information content (AvgIpc) is 2.93. The topological polar surface area (TPSA) is 47.9 Å². The highest BCUT2D eigenvalue weighted by Gasteiger charge is 2.38. The Morgan fingerprint density at radius 3 is 2.86 bits per heavy atom. The number of anilines is 1. The molecule has 0 bridgehead atoms. The molecular weight excluding hydrogens is 303 g/mol. The summed E-state index contributed by atoms with van der Waals surface area (Å²) >= 11 is 1.46. The molecule has 1 amide bonds. The molecule has 5 nitrogen and oxygen atoms in total. The van der Waals surface area contributed by atoms with Gasteiger partial charge in [-0.2, -0.15) is 5.10 Å². The maximum atomic E-state index is 13.0. The average molecular weight is 316 g/mol. The van der Waals surface area contributed by atoms with Crippen molar-refractivity contribution in [2.75, 3.05) is 10.7 Å². The van der Waals surface area contributed by atoms with E-state index in [1.54, 1.807) is 36.4 Å². The zero-order valence-electron chi connectivity index (χ0n) is 11.8. The van der Waals surface area contributed by atoms with E-state index in [1.807, 2.05) is 0 Å². The summed E-state index contributed by atoms with van der Waals surface area (Å²) in [5, 5.41) is 4.88. The van der Waals surface area contributed by atoms with Gasteiger partial charge in [0.25, 0.3) is 5.91 Å². The Kier molecular flexibility index (Phi) is 4.02. The Hall–Kier alpha value is -2.46. The largest absolute Gasteiger partial charge is 0.294 e. The minimum Gasteiger partial charge on any atom is -0.294 e. The van der Waals surface area contributed by atoms with Gasteiger partial charge in [-0.05, 0) is 31.2 Å². The van der Waals surface area contributed by atoms with Crippen LogP contribution in [0.5, 0.6) is 0 Å². The van der Waals surface area contributed by atoms with Crippen molar-refractivity contribution >= 4 is 28.5 Å². The van der Waals surface area contributed by atoms with E-state index in [0.29, 0.717) is 16.6 Å². The molecule has 0 radical (unpaired) electrons. The van der Waals surface area contributed by atoms with Crippen molar-refractivity contribution in [1.29, 1.82) is 0 Å². The van der Waals surface area contributed by atoms with E-state index in [0.717, 1.165) is 0 Å². The summed E-state index contributed by atoms with van der Waals surface area (Å²) in [5.41, 5.74) is 3.44. The molecule has 2 aliphatic rings. The molecule has 1 N–H and O–H groups in total. The molecule has 0 aliphatic carbocycles. The lowest BCUT2D eigenvalue weighted by atomic mass is 10.2. The first-order chi connectivity index (χ1) is 10.7. The van der Waals surface area contributed by atoms with E-state index in [-0.39, 0.29) is 11.7 Å². The van der Waals surface area contributed by atoms with Crippen LogP contribution in [-0.2, 0) is 4.79 Å². The van der Waals surface area contributed by atoms with E-state index in [9.17, 15) is 9.18 Å². The van der Waals surface area contributed by atoms with Crippen LogP contribution in [0.3, 0.4) is 0 Å². The first-order valence-corrected chi connectivity index (χ1v) is 7.60. The summed E-state index contributed by atoms with van der Waals surface area (Å²) in [7, 11) is 0. The summed E-state index contributed by atoms with van der Waals surface area (Å²) in [5.74, 6) is 5.87. The van der Waals surface area contributed by atoms with Crippen LogP contribution in [0.1, 0.15) is 6.92 Å². The fourth-order valence-corrected chi connectivity index (χ4v) is 2.89. The van der Waals surface area contributed by atoms with E-state index in [1.165, 1.54) is 28.8 Å². The molecule has 7 heteroatoms. The minimum absolute atomic E-state index is 0.171. The summed E-state index contributed by atoms with van der Waals surface area (Å²) < 4.78 is 13.0. The molecule has 1 atom stereocenters. The van der Waals surface area contributed by atoms with Gasteiger partial charge in [0, 0.05) is 18.1 Å². The van der Waals surface area contributed by atoms with E-state index >= 15 is 0 Å². The Morgan fingerprint density at radius 2 is 2.14 bits per heavy atom. The minimum atomic E-state index is -0.577. The number of halogens is 1. The predicted octanol–water partition coefficient (Wildman–Crippen LogP) is 1.90. The van der Waals surface area contributed by atoms with Crippen molar-refractivity contribution in [3.63, 3.8) is 0 Å². The fourth-order valence-electron chi connectivity index (χ4n) is 2.11. The number of fused-ring (bicyclic) bond motifs is 1. The van der Waals surface area contributed by atoms with Gasteiger partial charge < -0.3 is 0 Å². The predicted molar refractivity (Wildman–Crippen MR) is 85.1 cm³/mol. The second-order valence-corrected chi connectivity index (χ2v) is 5.47. The molecule has 2 heterocycles. The lowest BCUT2D eigenvalue weighted by molar-refractivity contribution is -0.122. The third-order valence-corrected chi connectivity index (χ3v) is 4.03. The lowest BCUT2D eigenvalue weighted by Crippen LogP contribution is -2.52. The molecule has 2 aliphatic heterocycles. The SMILES string of the molecule is CC#CCSC1=NNC2C(=O)N(c3ccc(F)cc3)C=CN12. The van der Waals surface area contributed by atoms with Gasteiger partial charge in [-0.25, -0.2) is 4.39 Å². The number of hydrogen-bond donors (Lipinski definition) is 1. The molecule has 22 heavy (non-hydrogen) atoms. The second-order valence-electron chi connectivity index (χ2n) is 4.53. The number of hydrogen-bond acceptors (Lipinski definition) is 5. The van der Waals surface area contributed by atoms with Crippen LogP contribution in [0.15, 0.2) is 41.8 Å². The van der Waals surface area contributed by atoms with Gasteiger partial charge in [-0.3, -0.25) is 20.0 Å². The fraction of sp³-hybridized carbons (Fsp3) is 0.200. The summed E-state index contributed by atoms with van der Waals surface area (Å²) in [6.45, 7) is 1.78. The molecule has 0 fully saturated rings. The van der Waals surface area contributed by atoms with Crippen molar-refractivity contribution in [2.24, 2.45) is 5.10 Å². The van der Waals surface area contributed by atoms with Gasteiger partial charge in [0.05, 0.1) is 5.75 Å². The molecule has 0 saturated heterocycles. The molecule has 0 spiro atoms. The van der Waals surface area contributed by atoms with Crippen molar-refractivity contribution in [1.82, 2.24) is 10.3 Å². The molecule has 1 aromatic rings. The van der Waals surface area contributed by atoms with Crippen molar-refractivity contribution in [2.45, 2.75) is 13.1 Å². The van der Waals surface area contributed by atoms with E-state index < -0.39 is 6.17 Å². The number of hydrazone groups is 1. The van der Waals surface area contributed by atoms with Gasteiger partial charge in [0.2, 0.25) is 6.17 Å². The Bertz CT molecular complexity index is 704. The van der Waals surface area contributed by atoms with E-state index in [4.69, 9.17) is 0 Å². The summed E-state index contributed by atoms with van der Waals surface area (Å²) in [6, 6.07) is 5.78. The van der Waals surface area contributed by atoms with Gasteiger partial charge in [0.15, 0.2) is 5.17 Å². The first kappa shape index (κ1) is 14.5. The maximum Gasteiger partial charge on any atom is 0.276 e. The second kappa shape index (κ2) is 6.12. The van der Waals surface area contributed by atoms with Crippen LogP contribution >= 0.6 is 11.8 Å². The highest BCUT2D eigenvalue weighted by molar-refractivity contribution is 8.14. The van der Waals surface area contributed by atoms with Crippen LogP contribution in [0.4, 0.5) is 10.1 Å². The third kappa shape index (κ3) is 2.65. The molecule has 0 saturated carbocycles. The summed E-state index contributed by atoms with van der Waals surface area (Å²) in [6.07, 6.45) is 2.86.